The number of aromatic nitrogens is 1. The summed E-state index contributed by atoms with van der Waals surface area (Å²) in [6.45, 7) is 5.36. The number of hydrogen-bond donors (Lipinski definition) is 1. The van der Waals surface area contributed by atoms with Gasteiger partial charge in [0.1, 0.15) is 6.04 Å². The van der Waals surface area contributed by atoms with Crippen molar-refractivity contribution in [2.75, 3.05) is 0 Å². The molecule has 0 bridgehead atoms. The third-order valence-electron chi connectivity index (χ3n) is 3.66. The second-order valence-electron chi connectivity index (χ2n) is 4.95. The Hall–Kier alpha value is -2.50. The fraction of sp³-hybridized carbons (Fsp3) is 0.286. The van der Waals surface area contributed by atoms with E-state index in [4.69, 9.17) is 0 Å². The number of imide groups is 1. The van der Waals surface area contributed by atoms with Crippen molar-refractivity contribution in [3.05, 3.63) is 41.4 Å². The minimum absolute atomic E-state index is 0.301. The molecule has 2 aliphatic rings. The molecule has 3 rings (SSSR count). The summed E-state index contributed by atoms with van der Waals surface area (Å²) < 4.78 is 0. The van der Waals surface area contributed by atoms with Crippen molar-refractivity contribution in [3.63, 3.8) is 0 Å². The summed E-state index contributed by atoms with van der Waals surface area (Å²) in [4.78, 5) is 41.8. The van der Waals surface area contributed by atoms with Crippen molar-refractivity contribution >= 4 is 17.7 Å². The maximum absolute atomic E-state index is 12.4. The number of fused-ring (bicyclic) bond motifs is 1. The Morgan fingerprint density at radius 3 is 2.75 bits per heavy atom. The predicted octanol–water partition coefficient (Wildman–Crippen LogP) is 0.778. The van der Waals surface area contributed by atoms with Gasteiger partial charge in [0.2, 0.25) is 5.91 Å². The molecule has 2 aliphatic heterocycles. The predicted molar refractivity (Wildman–Crippen MR) is 69.8 cm³/mol. The molecule has 102 valence electrons. The van der Waals surface area contributed by atoms with Crippen LogP contribution in [0.3, 0.4) is 0 Å². The lowest BCUT2D eigenvalue weighted by Gasteiger charge is -2.29. The van der Waals surface area contributed by atoms with Gasteiger partial charge in [-0.2, -0.15) is 0 Å². The third kappa shape index (κ3) is 1.65. The molecule has 0 aromatic carbocycles. The van der Waals surface area contributed by atoms with Gasteiger partial charge in [0.15, 0.2) is 0 Å². The van der Waals surface area contributed by atoms with Crippen LogP contribution in [0, 0.1) is 6.92 Å². The highest BCUT2D eigenvalue weighted by Gasteiger charge is 2.44. The molecule has 0 radical (unpaired) electrons. The van der Waals surface area contributed by atoms with Gasteiger partial charge in [0.05, 0.1) is 16.8 Å². The highest BCUT2D eigenvalue weighted by molar-refractivity contribution is 6.23. The molecule has 6 heteroatoms. The van der Waals surface area contributed by atoms with E-state index in [1.54, 1.807) is 6.92 Å². The molecule has 1 unspecified atom stereocenters. The van der Waals surface area contributed by atoms with Gasteiger partial charge in [0, 0.05) is 11.9 Å². The molecule has 0 aliphatic carbocycles. The number of amides is 3. The molecule has 3 heterocycles. The van der Waals surface area contributed by atoms with E-state index in [0.29, 0.717) is 35.4 Å². The normalized spacial score (nSPS) is 22.1. The number of hydrogen-bond acceptors (Lipinski definition) is 4. The average molecular weight is 271 g/mol. The first-order valence-corrected chi connectivity index (χ1v) is 6.33. The van der Waals surface area contributed by atoms with Gasteiger partial charge in [-0.05, 0) is 25.8 Å². The molecule has 6 nitrogen and oxygen atoms in total. The number of pyridine rings is 1. The van der Waals surface area contributed by atoms with Crippen LogP contribution < -0.4 is 5.32 Å². The fourth-order valence-electron chi connectivity index (χ4n) is 2.65. The highest BCUT2D eigenvalue weighted by atomic mass is 16.2. The molecule has 3 amide bonds. The summed E-state index contributed by atoms with van der Waals surface area (Å²) >= 11 is 0. The van der Waals surface area contributed by atoms with E-state index in [9.17, 15) is 14.4 Å². The Bertz CT molecular complexity index is 666. The van der Waals surface area contributed by atoms with E-state index in [0.717, 1.165) is 4.90 Å². The van der Waals surface area contributed by atoms with Gasteiger partial charge in [-0.25, -0.2) is 0 Å². The molecule has 0 spiro atoms. The standard InChI is InChI=1S/C14H13N3O3/c1-7-3-4-10(12(18)16-7)17-13(19)9-5-6-15-8(2)11(9)14(17)20/h5-6,10H,1,3-4H2,2H3,(H,16,18). The summed E-state index contributed by atoms with van der Waals surface area (Å²) in [6, 6.07) is 0.745. The zero-order valence-corrected chi connectivity index (χ0v) is 11.0. The van der Waals surface area contributed by atoms with Crippen LogP contribution in [-0.4, -0.2) is 33.6 Å². The third-order valence-corrected chi connectivity index (χ3v) is 3.66. The van der Waals surface area contributed by atoms with E-state index in [2.05, 4.69) is 16.9 Å². The summed E-state index contributed by atoms with van der Waals surface area (Å²) in [5.41, 5.74) is 1.74. The van der Waals surface area contributed by atoms with E-state index in [-0.39, 0.29) is 5.91 Å². The first kappa shape index (κ1) is 12.5. The van der Waals surface area contributed by atoms with Crippen LogP contribution in [0.25, 0.3) is 0 Å². The van der Waals surface area contributed by atoms with Crippen molar-refractivity contribution in [2.45, 2.75) is 25.8 Å². The van der Waals surface area contributed by atoms with Crippen LogP contribution in [0.15, 0.2) is 24.5 Å². The molecule has 0 saturated carbocycles. The summed E-state index contributed by atoms with van der Waals surface area (Å²) in [5.74, 6) is -1.23. The highest BCUT2D eigenvalue weighted by Crippen LogP contribution is 2.29. The Kier molecular flexibility index (Phi) is 2.67. The molecule has 1 aromatic heterocycles. The van der Waals surface area contributed by atoms with Crippen LogP contribution >= 0.6 is 0 Å². The number of allylic oxidation sites excluding steroid dienone is 1. The molecular weight excluding hydrogens is 258 g/mol. The Labute approximate surface area is 115 Å². The number of nitrogens with zero attached hydrogens (tertiary/aromatic N) is 2. The van der Waals surface area contributed by atoms with E-state index in [1.807, 2.05) is 0 Å². The quantitative estimate of drug-likeness (QED) is 0.765. The van der Waals surface area contributed by atoms with Crippen LogP contribution in [0.4, 0.5) is 0 Å². The first-order chi connectivity index (χ1) is 9.50. The van der Waals surface area contributed by atoms with Gasteiger partial charge >= 0.3 is 0 Å². The second-order valence-corrected chi connectivity index (χ2v) is 4.95. The van der Waals surface area contributed by atoms with E-state index >= 15 is 0 Å². The molecule has 1 atom stereocenters. The van der Waals surface area contributed by atoms with Crippen molar-refractivity contribution in [1.29, 1.82) is 0 Å². The lowest BCUT2D eigenvalue weighted by molar-refractivity contribution is -0.125. The number of aryl methyl sites for hydroxylation is 1. The van der Waals surface area contributed by atoms with Gasteiger partial charge in [-0.15, -0.1) is 0 Å². The molecule has 1 saturated heterocycles. The summed E-state index contributed by atoms with van der Waals surface area (Å²) in [5, 5.41) is 2.59. The monoisotopic (exact) mass is 271 g/mol. The van der Waals surface area contributed by atoms with Crippen molar-refractivity contribution in [3.8, 4) is 0 Å². The molecule has 20 heavy (non-hydrogen) atoms. The Balaban J connectivity index is 2.00. The maximum Gasteiger partial charge on any atom is 0.264 e. The molecule has 1 aromatic rings. The van der Waals surface area contributed by atoms with E-state index < -0.39 is 17.9 Å². The Morgan fingerprint density at radius 1 is 1.35 bits per heavy atom. The number of piperidine rings is 1. The molecular formula is C14H13N3O3. The summed E-state index contributed by atoms with van der Waals surface area (Å²) in [7, 11) is 0. The van der Waals surface area contributed by atoms with Gasteiger partial charge in [-0.3, -0.25) is 24.3 Å². The smallest absolute Gasteiger partial charge is 0.264 e. The Morgan fingerprint density at radius 2 is 2.10 bits per heavy atom. The zero-order valence-electron chi connectivity index (χ0n) is 11.0. The van der Waals surface area contributed by atoms with Crippen LogP contribution in [0.5, 0.6) is 0 Å². The van der Waals surface area contributed by atoms with Crippen LogP contribution in [0.1, 0.15) is 39.3 Å². The van der Waals surface area contributed by atoms with Crippen LogP contribution in [0.2, 0.25) is 0 Å². The first-order valence-electron chi connectivity index (χ1n) is 6.33. The largest absolute Gasteiger partial charge is 0.329 e. The minimum atomic E-state index is -0.771. The lowest BCUT2D eigenvalue weighted by Crippen LogP contribution is -2.51. The number of carbonyl (C=O) groups is 3. The number of nitrogens with one attached hydrogen (secondary N) is 1. The average Bonchev–Trinajstić information content (AvgIpc) is 2.64. The lowest BCUT2D eigenvalue weighted by atomic mass is 10.0. The van der Waals surface area contributed by atoms with Crippen molar-refractivity contribution in [2.24, 2.45) is 0 Å². The maximum atomic E-state index is 12.4. The molecule has 1 N–H and O–H groups in total. The number of rotatable bonds is 1. The van der Waals surface area contributed by atoms with Gasteiger partial charge in [0.25, 0.3) is 11.8 Å². The second kappa shape index (κ2) is 4.26. The summed E-state index contributed by atoms with van der Waals surface area (Å²) in [6.07, 6.45) is 2.45. The zero-order chi connectivity index (χ0) is 14.4. The molecule has 1 fully saturated rings. The fourth-order valence-corrected chi connectivity index (χ4v) is 2.65. The SMILES string of the molecule is C=C1CCC(N2C(=O)c3ccnc(C)c3C2=O)C(=O)N1. The minimum Gasteiger partial charge on any atom is -0.329 e. The van der Waals surface area contributed by atoms with Crippen molar-refractivity contribution in [1.82, 2.24) is 15.2 Å². The topological polar surface area (TPSA) is 79.4 Å². The van der Waals surface area contributed by atoms with Gasteiger partial charge < -0.3 is 5.32 Å². The van der Waals surface area contributed by atoms with Gasteiger partial charge in [-0.1, -0.05) is 6.58 Å². The van der Waals surface area contributed by atoms with Crippen molar-refractivity contribution < 1.29 is 14.4 Å². The van der Waals surface area contributed by atoms with Crippen LogP contribution in [-0.2, 0) is 4.79 Å². The number of carbonyl (C=O) groups excluding carboxylic acids is 3. The van der Waals surface area contributed by atoms with E-state index in [1.165, 1.54) is 12.3 Å².